The van der Waals surface area contributed by atoms with Gasteiger partial charge in [0.25, 0.3) is 35.3 Å². The molecule has 0 aliphatic carbocycles. The SMILES string of the molecule is CCCCCCCCCc1coc(-c2nc(CCCCCCCCC)c(-c3oc(-c4nc(CCCCCCCCC)c(-c5oc(-c6nc(CCCCCCCCC)co6)nc5CCCCCCCCC)o4)nc3CCCCCCCCC)o2)n1. The fourth-order valence-electron chi connectivity index (χ4n) is 11.7. The molecule has 0 aliphatic heterocycles. The summed E-state index contributed by atoms with van der Waals surface area (Å²) in [5.74, 6) is 4.64. The Balaban J connectivity index is 1.36. The lowest BCUT2D eigenvalue weighted by molar-refractivity contribution is 0.479. The maximum absolute atomic E-state index is 7.02. The van der Waals surface area contributed by atoms with E-state index in [4.69, 9.17) is 56.4 Å². The lowest BCUT2D eigenvalue weighted by Gasteiger charge is -2.03. The summed E-state index contributed by atoms with van der Waals surface area (Å²) < 4.78 is 40.0. The molecule has 0 saturated heterocycles. The van der Waals surface area contributed by atoms with Gasteiger partial charge in [0.15, 0.2) is 23.0 Å². The Morgan fingerprint density at radius 3 is 0.631 bits per heavy atom. The first kappa shape index (κ1) is 68.4. The van der Waals surface area contributed by atoms with E-state index in [1.54, 1.807) is 12.5 Å². The number of hydrogen-bond acceptors (Lipinski definition) is 12. The Kier molecular flexibility index (Phi) is 34.3. The molecule has 0 unspecified atom stereocenters. The Hall–Kier alpha value is -4.74. The minimum Gasteiger partial charge on any atom is -0.441 e. The average molecular weight is 1160 g/mol. The molecule has 6 rings (SSSR count). The molecular formula is C72H116N6O6. The molecular weight excluding hydrogens is 1040 g/mol. The third-order valence-corrected chi connectivity index (χ3v) is 17.0. The van der Waals surface area contributed by atoms with Gasteiger partial charge in [0, 0.05) is 0 Å². The molecule has 6 aromatic heterocycles. The number of rotatable bonds is 53. The summed E-state index contributed by atoms with van der Waals surface area (Å²) in [6.45, 7) is 13.6. The van der Waals surface area contributed by atoms with Gasteiger partial charge >= 0.3 is 0 Å². The number of aromatic nitrogens is 6. The molecule has 0 fully saturated rings. The smallest absolute Gasteiger partial charge is 0.284 e. The number of nitrogens with zero attached hydrogens (tertiary/aromatic N) is 6. The van der Waals surface area contributed by atoms with Crippen molar-refractivity contribution in [2.75, 3.05) is 0 Å². The zero-order chi connectivity index (χ0) is 59.1. The standard InChI is InChI=1S/C72H116N6O6/c1-7-13-19-25-31-37-43-49-57-55-79-67(73-57)69-75-59(51-45-39-33-27-21-15-9-3)63(81-69)65-61(53-47-41-35-29-23-17-11-5)77-71(83-65)72-78-62(54-48-42-36-30-24-18-12-6)66(84-72)64-60(52-46-40-34-28-22-16-10-4)76-70(82-64)68-74-58(56-80-68)50-44-38-32-26-20-14-8-2/h55-56H,7-54H2,1-6H3. The van der Waals surface area contributed by atoms with E-state index < -0.39 is 0 Å². The number of hydrogen-bond donors (Lipinski definition) is 0. The maximum atomic E-state index is 7.02. The second kappa shape index (κ2) is 42.2. The third kappa shape index (κ3) is 24.6. The van der Waals surface area contributed by atoms with E-state index in [-0.39, 0.29) is 0 Å². The molecule has 12 heteroatoms. The molecule has 12 nitrogen and oxygen atoms in total. The summed E-state index contributed by atoms with van der Waals surface area (Å²) >= 11 is 0. The number of oxazole rings is 6. The molecule has 0 aliphatic rings. The van der Waals surface area contributed by atoms with Crippen LogP contribution in [0.5, 0.6) is 0 Å². The van der Waals surface area contributed by atoms with Crippen LogP contribution in [0.1, 0.15) is 345 Å². The summed E-state index contributed by atoms with van der Waals surface area (Å²) in [6.07, 6.45) is 59.2. The van der Waals surface area contributed by atoms with Crippen molar-refractivity contribution in [1.29, 1.82) is 0 Å². The minimum absolute atomic E-state index is 0.332. The van der Waals surface area contributed by atoms with Crippen molar-refractivity contribution < 1.29 is 26.5 Å². The molecule has 84 heavy (non-hydrogen) atoms. The van der Waals surface area contributed by atoms with Gasteiger partial charge in [-0.1, -0.05) is 273 Å². The van der Waals surface area contributed by atoms with Crippen molar-refractivity contribution >= 4 is 0 Å². The van der Waals surface area contributed by atoms with Gasteiger partial charge in [-0.05, 0) is 77.0 Å². The summed E-state index contributed by atoms with van der Waals surface area (Å²) in [6, 6.07) is 0. The average Bonchev–Trinajstić information content (AvgIpc) is 4.52. The van der Waals surface area contributed by atoms with Crippen molar-refractivity contribution in [3.63, 3.8) is 0 Å². The Morgan fingerprint density at radius 1 is 0.214 bits per heavy atom. The van der Waals surface area contributed by atoms with Gasteiger partial charge in [-0.15, -0.1) is 0 Å². The van der Waals surface area contributed by atoms with Gasteiger partial charge in [-0.3, -0.25) is 0 Å². The normalized spacial score (nSPS) is 11.8. The zero-order valence-electron chi connectivity index (χ0n) is 54.2. The summed E-state index contributed by atoms with van der Waals surface area (Å²) in [5.41, 5.74) is 5.24. The topological polar surface area (TPSA) is 156 Å². The first-order valence-electron chi connectivity index (χ1n) is 35.4. The van der Waals surface area contributed by atoms with Gasteiger partial charge in [0.1, 0.15) is 12.5 Å². The van der Waals surface area contributed by atoms with E-state index in [9.17, 15) is 0 Å². The van der Waals surface area contributed by atoms with E-state index in [1.807, 2.05) is 0 Å². The van der Waals surface area contributed by atoms with Gasteiger partial charge in [-0.25, -0.2) is 29.9 Å². The van der Waals surface area contributed by atoms with Crippen LogP contribution in [0.3, 0.4) is 0 Å². The summed E-state index contributed by atoms with van der Waals surface area (Å²) in [4.78, 5) is 30.9. The quantitative estimate of drug-likeness (QED) is 0.0334. The molecule has 0 N–H and O–H groups in total. The van der Waals surface area contributed by atoms with Crippen LogP contribution >= 0.6 is 0 Å². The van der Waals surface area contributed by atoms with E-state index in [0.29, 0.717) is 58.4 Å². The molecule has 0 atom stereocenters. The molecule has 0 amide bonds. The molecule has 0 bridgehead atoms. The van der Waals surface area contributed by atoms with Gasteiger partial charge in [0.2, 0.25) is 0 Å². The van der Waals surface area contributed by atoms with Crippen LogP contribution < -0.4 is 0 Å². The van der Waals surface area contributed by atoms with Gasteiger partial charge in [0.05, 0.1) is 34.2 Å². The van der Waals surface area contributed by atoms with E-state index in [0.717, 1.165) is 137 Å². The Labute approximate surface area is 509 Å². The third-order valence-electron chi connectivity index (χ3n) is 17.0. The molecule has 6 aromatic rings. The molecule has 0 radical (unpaired) electrons. The highest BCUT2D eigenvalue weighted by atomic mass is 16.4. The predicted molar refractivity (Wildman–Crippen MR) is 344 cm³/mol. The minimum atomic E-state index is 0.332. The zero-order valence-corrected chi connectivity index (χ0v) is 54.2. The number of aryl methyl sites for hydroxylation is 6. The first-order valence-corrected chi connectivity index (χ1v) is 35.4. The van der Waals surface area contributed by atoms with Crippen molar-refractivity contribution in [3.8, 4) is 58.4 Å². The molecule has 0 saturated carbocycles. The molecule has 0 aromatic carbocycles. The van der Waals surface area contributed by atoms with Crippen LogP contribution in [-0.2, 0) is 38.5 Å². The fourth-order valence-corrected chi connectivity index (χ4v) is 11.7. The molecule has 6 heterocycles. The highest BCUT2D eigenvalue weighted by molar-refractivity contribution is 5.64. The van der Waals surface area contributed by atoms with Crippen molar-refractivity contribution in [3.05, 3.63) is 46.7 Å². The highest BCUT2D eigenvalue weighted by Gasteiger charge is 2.31. The largest absolute Gasteiger partial charge is 0.441 e. The number of unbranched alkanes of at least 4 members (excludes halogenated alkanes) is 36. The lowest BCUT2D eigenvalue weighted by Crippen LogP contribution is -1.94. The molecule has 0 spiro atoms. The second-order valence-corrected chi connectivity index (χ2v) is 24.7. The van der Waals surface area contributed by atoms with Crippen molar-refractivity contribution in [2.24, 2.45) is 0 Å². The van der Waals surface area contributed by atoms with Gasteiger partial charge in [-0.2, -0.15) is 0 Å². The van der Waals surface area contributed by atoms with Crippen molar-refractivity contribution in [1.82, 2.24) is 29.9 Å². The van der Waals surface area contributed by atoms with Crippen LogP contribution in [0.4, 0.5) is 0 Å². The Morgan fingerprint density at radius 2 is 0.405 bits per heavy atom. The van der Waals surface area contributed by atoms with Crippen LogP contribution in [-0.4, -0.2) is 29.9 Å². The van der Waals surface area contributed by atoms with Crippen LogP contribution in [0.15, 0.2) is 39.0 Å². The Bertz CT molecular complexity index is 2400. The van der Waals surface area contributed by atoms with E-state index in [2.05, 4.69) is 41.5 Å². The van der Waals surface area contributed by atoms with Crippen LogP contribution in [0.2, 0.25) is 0 Å². The second-order valence-electron chi connectivity index (χ2n) is 24.7. The van der Waals surface area contributed by atoms with Crippen LogP contribution in [0.25, 0.3) is 58.4 Å². The van der Waals surface area contributed by atoms with E-state index >= 15 is 0 Å². The highest BCUT2D eigenvalue weighted by Crippen LogP contribution is 2.40. The fraction of sp³-hybridized carbons (Fsp3) is 0.750. The first-order chi connectivity index (χ1) is 41.5. The summed E-state index contributed by atoms with van der Waals surface area (Å²) in [5, 5.41) is 0. The van der Waals surface area contributed by atoms with E-state index in [1.165, 1.54) is 205 Å². The van der Waals surface area contributed by atoms with Crippen molar-refractivity contribution in [2.45, 2.75) is 350 Å². The lowest BCUT2D eigenvalue weighted by atomic mass is 10.0. The monoisotopic (exact) mass is 1160 g/mol. The van der Waals surface area contributed by atoms with Gasteiger partial charge < -0.3 is 26.5 Å². The maximum Gasteiger partial charge on any atom is 0.284 e. The summed E-state index contributed by atoms with van der Waals surface area (Å²) in [7, 11) is 0. The molecule has 470 valence electrons. The predicted octanol–water partition coefficient (Wildman–Crippen LogP) is 23.7. The van der Waals surface area contributed by atoms with Crippen LogP contribution in [0, 0.1) is 0 Å².